The minimum Gasteiger partial charge on any atom is -0.432 e. The normalized spacial score (nSPS) is 53.7. The summed E-state index contributed by atoms with van der Waals surface area (Å²) in [7, 11) is 0. The van der Waals surface area contributed by atoms with Gasteiger partial charge in [-0.25, -0.2) is 0 Å². The smallest absolute Gasteiger partial charge is 0.315 e. The Morgan fingerprint density at radius 3 is 1.85 bits per heavy atom. The second kappa shape index (κ2) is 20.3. The molecule has 0 amide bonds. The molecule has 21 nitrogen and oxygen atoms in total. The Hall–Kier alpha value is -1.55. The predicted molar refractivity (Wildman–Crippen MR) is 251 cm³/mol. The molecule has 0 spiro atoms. The summed E-state index contributed by atoms with van der Waals surface area (Å²) in [5, 5.41) is 127. The zero-order valence-corrected chi connectivity index (χ0v) is 43.2. The summed E-state index contributed by atoms with van der Waals surface area (Å²) in [6.07, 6.45) is -18.5. The molecule has 0 aromatic heterocycles. The van der Waals surface area contributed by atoms with Crippen molar-refractivity contribution in [2.45, 2.75) is 229 Å². The van der Waals surface area contributed by atoms with E-state index in [1.165, 1.54) is 5.57 Å². The van der Waals surface area contributed by atoms with Crippen molar-refractivity contribution in [3.8, 4) is 0 Å². The highest BCUT2D eigenvalue weighted by Gasteiger charge is 2.70. The highest BCUT2D eigenvalue weighted by atomic mass is 16.8. The second-order valence-corrected chi connectivity index (χ2v) is 25.4. The summed E-state index contributed by atoms with van der Waals surface area (Å²) in [6, 6.07) is 0. The molecule has 21 heteroatoms. The SMILES string of the molecule is CC1(C)CCC2(C(=O)OC3OC(COC4OC(CO)C(OC5OCC(O)C(O)C5O)C(O)C4O)C(O)C(O)C3O)CCC3(C)C(=CCC4C5(C)CCC(OC6OCC(O)C(O)C6O)C(C)(C)C5CCC43C)C2C1. The lowest BCUT2D eigenvalue weighted by Gasteiger charge is -2.71. The van der Waals surface area contributed by atoms with E-state index in [1.807, 2.05) is 0 Å². The van der Waals surface area contributed by atoms with Crippen LogP contribution in [0.4, 0.5) is 0 Å². The van der Waals surface area contributed by atoms with Gasteiger partial charge in [0, 0.05) is 0 Å². The van der Waals surface area contributed by atoms with Crippen LogP contribution in [0.2, 0.25) is 0 Å². The number of aliphatic hydroxyl groups is 12. The fourth-order valence-electron chi connectivity index (χ4n) is 15.9. The third-order valence-corrected chi connectivity index (χ3v) is 20.6. The standard InChI is InChI=1S/C52H84O21/c1-47(2)14-16-52(46(65)73-45-39(63)35(59)34(58)28(70-45)22-68-42-40(64)36(60)41(27(19-53)69-42)72-44-38(62)33(57)26(55)21-67-44)17-15-50(6)23(24(52)18-47)8-9-30-49(5)12-11-31(48(3,4)29(49)10-13-51(30,50)7)71-43-37(61)32(56)25(54)20-66-43/h8,24-45,53-64H,9-22H2,1-7H3. The maximum atomic E-state index is 15.1. The van der Waals surface area contributed by atoms with E-state index >= 15 is 4.79 Å². The van der Waals surface area contributed by atoms with Gasteiger partial charge >= 0.3 is 5.97 Å². The lowest BCUT2D eigenvalue weighted by molar-refractivity contribution is -0.355. The molecule has 4 saturated heterocycles. The Kier molecular flexibility index (Phi) is 15.6. The molecular formula is C52H84O21. The van der Waals surface area contributed by atoms with Crippen molar-refractivity contribution < 1.29 is 104 Å². The zero-order chi connectivity index (χ0) is 53.1. The first kappa shape index (κ1) is 56.2. The van der Waals surface area contributed by atoms with Gasteiger partial charge in [0.1, 0.15) is 85.5 Å². The third-order valence-electron chi connectivity index (χ3n) is 20.6. The van der Waals surface area contributed by atoms with Gasteiger partial charge in [-0.1, -0.05) is 60.1 Å². The number of carbonyl (C=O) groups is 1. The first-order valence-corrected chi connectivity index (χ1v) is 26.6. The zero-order valence-electron chi connectivity index (χ0n) is 43.2. The van der Waals surface area contributed by atoms with Gasteiger partial charge in [0.15, 0.2) is 18.9 Å². The number of hydrogen-bond donors (Lipinski definition) is 12. The molecule has 4 heterocycles. The number of hydrogen-bond acceptors (Lipinski definition) is 21. The molecule has 0 bridgehead atoms. The fourth-order valence-corrected chi connectivity index (χ4v) is 15.9. The summed E-state index contributed by atoms with van der Waals surface area (Å²) < 4.78 is 46.8. The monoisotopic (exact) mass is 1040 g/mol. The highest BCUT2D eigenvalue weighted by Crippen LogP contribution is 2.76. The van der Waals surface area contributed by atoms with Crippen LogP contribution >= 0.6 is 0 Å². The number of rotatable bonds is 10. The van der Waals surface area contributed by atoms with Gasteiger partial charge in [-0.05, 0) is 109 Å². The van der Waals surface area contributed by atoms with Gasteiger partial charge in [-0.2, -0.15) is 0 Å². The van der Waals surface area contributed by atoms with E-state index in [1.54, 1.807) is 0 Å². The van der Waals surface area contributed by atoms with Crippen molar-refractivity contribution in [2.24, 2.45) is 50.2 Å². The van der Waals surface area contributed by atoms with Crippen LogP contribution in [0.25, 0.3) is 0 Å². The van der Waals surface area contributed by atoms with Crippen LogP contribution in [-0.2, 0) is 42.7 Å². The van der Waals surface area contributed by atoms with E-state index in [4.69, 9.17) is 37.9 Å². The average Bonchev–Trinajstić information content (AvgIpc) is 3.34. The predicted octanol–water partition coefficient (Wildman–Crippen LogP) is -0.757. The summed E-state index contributed by atoms with van der Waals surface area (Å²) in [5.74, 6) is -0.199. The van der Waals surface area contributed by atoms with E-state index in [0.717, 1.165) is 44.9 Å². The molecule has 26 atom stereocenters. The molecule has 9 rings (SSSR count). The average molecular weight is 1050 g/mol. The molecule has 5 aliphatic carbocycles. The molecule has 0 aromatic rings. The molecular weight excluding hydrogens is 961 g/mol. The number of esters is 1. The maximum Gasteiger partial charge on any atom is 0.315 e. The lowest BCUT2D eigenvalue weighted by atomic mass is 9.33. The third kappa shape index (κ3) is 9.29. The summed E-state index contributed by atoms with van der Waals surface area (Å²) >= 11 is 0. The number of fused-ring (bicyclic) bond motifs is 7. The largest absolute Gasteiger partial charge is 0.432 e. The molecule has 73 heavy (non-hydrogen) atoms. The van der Waals surface area contributed by atoms with E-state index in [2.05, 4.69) is 54.5 Å². The topological polar surface area (TPSA) is 334 Å². The van der Waals surface area contributed by atoms with Crippen LogP contribution in [-0.4, -0.2) is 210 Å². The van der Waals surface area contributed by atoms with Crippen molar-refractivity contribution >= 4 is 5.97 Å². The molecule has 9 aliphatic rings. The van der Waals surface area contributed by atoms with Crippen LogP contribution in [0.3, 0.4) is 0 Å². The van der Waals surface area contributed by atoms with E-state index in [-0.39, 0.29) is 51.6 Å². The Labute approximate surface area is 426 Å². The van der Waals surface area contributed by atoms with Gasteiger partial charge in [0.05, 0.1) is 37.9 Å². The number of aliphatic hydroxyl groups excluding tert-OH is 12. The molecule has 26 unspecified atom stereocenters. The number of carbonyl (C=O) groups excluding carboxylic acids is 1. The van der Waals surface area contributed by atoms with Crippen LogP contribution in [0.5, 0.6) is 0 Å². The van der Waals surface area contributed by atoms with Crippen molar-refractivity contribution in [3.63, 3.8) is 0 Å². The molecule has 12 N–H and O–H groups in total. The minimum atomic E-state index is -1.86. The van der Waals surface area contributed by atoms with Crippen LogP contribution in [0, 0.1) is 50.2 Å². The van der Waals surface area contributed by atoms with Crippen molar-refractivity contribution in [3.05, 3.63) is 11.6 Å². The van der Waals surface area contributed by atoms with Gasteiger partial charge in [0.2, 0.25) is 6.29 Å². The first-order valence-electron chi connectivity index (χ1n) is 26.6. The molecule has 0 aromatic carbocycles. The highest BCUT2D eigenvalue weighted by molar-refractivity contribution is 5.79. The van der Waals surface area contributed by atoms with E-state index < -0.39 is 142 Å². The fraction of sp³-hybridized carbons (Fsp3) is 0.942. The molecule has 4 saturated carbocycles. The molecule has 8 fully saturated rings. The Morgan fingerprint density at radius 2 is 1.21 bits per heavy atom. The molecule has 0 radical (unpaired) electrons. The Bertz CT molecular complexity index is 2010. The Balaban J connectivity index is 0.893. The van der Waals surface area contributed by atoms with Crippen molar-refractivity contribution in [1.82, 2.24) is 0 Å². The summed E-state index contributed by atoms with van der Waals surface area (Å²) in [5.41, 5.74) is -0.638. The van der Waals surface area contributed by atoms with E-state index in [0.29, 0.717) is 25.2 Å². The maximum absolute atomic E-state index is 15.1. The summed E-state index contributed by atoms with van der Waals surface area (Å²) in [4.78, 5) is 15.1. The first-order chi connectivity index (χ1) is 34.2. The Morgan fingerprint density at radius 1 is 0.616 bits per heavy atom. The van der Waals surface area contributed by atoms with Crippen LogP contribution < -0.4 is 0 Å². The lowest BCUT2D eigenvalue weighted by Crippen LogP contribution is -2.66. The van der Waals surface area contributed by atoms with E-state index in [9.17, 15) is 61.3 Å². The van der Waals surface area contributed by atoms with Crippen molar-refractivity contribution in [1.29, 1.82) is 0 Å². The quantitative estimate of drug-likeness (QED) is 0.0727. The summed E-state index contributed by atoms with van der Waals surface area (Å²) in [6.45, 7) is 14.3. The number of ether oxygens (including phenoxy) is 8. The van der Waals surface area contributed by atoms with Gasteiger partial charge < -0.3 is 99.2 Å². The second-order valence-electron chi connectivity index (χ2n) is 25.4. The van der Waals surface area contributed by atoms with Crippen LogP contribution in [0.15, 0.2) is 11.6 Å². The number of allylic oxidation sites excluding steroid dienone is 2. The molecule has 418 valence electrons. The van der Waals surface area contributed by atoms with Crippen molar-refractivity contribution in [2.75, 3.05) is 26.4 Å². The van der Waals surface area contributed by atoms with Gasteiger partial charge in [-0.3, -0.25) is 4.79 Å². The van der Waals surface area contributed by atoms with Crippen LogP contribution in [0.1, 0.15) is 113 Å². The minimum absolute atomic E-state index is 0.0767. The van der Waals surface area contributed by atoms with Gasteiger partial charge in [-0.15, -0.1) is 0 Å². The van der Waals surface area contributed by atoms with Gasteiger partial charge in [0.25, 0.3) is 0 Å². The molecule has 4 aliphatic heterocycles.